The average molecular weight is 560 g/mol. The van der Waals surface area contributed by atoms with Gasteiger partial charge in [0.05, 0.1) is 26.4 Å². The monoisotopic (exact) mass is 560 g/mol. The standard InChI is InChI=1S/C23H36N4O4.HI/c1(12-29-18-19-3-4-19)7-24-23(25-8-9-27-10-15-28-16-11-27)26-20-5-6-21-22(17-20)31-14-2-13-30-21;/h5-6,17,19H,1-4,7-16,18H2,(H2,24,25,26);1H. The number of nitrogens with one attached hydrogen (secondary N) is 2. The molecule has 0 unspecified atom stereocenters. The highest BCUT2D eigenvalue weighted by atomic mass is 127. The van der Waals surface area contributed by atoms with Gasteiger partial charge in [0.1, 0.15) is 0 Å². The van der Waals surface area contributed by atoms with Gasteiger partial charge in [0.25, 0.3) is 0 Å². The second kappa shape index (κ2) is 14.1. The lowest BCUT2D eigenvalue weighted by atomic mass is 10.2. The molecule has 0 atom stereocenters. The summed E-state index contributed by atoms with van der Waals surface area (Å²) in [7, 11) is 0. The number of halogens is 1. The van der Waals surface area contributed by atoms with Crippen molar-refractivity contribution < 1.29 is 18.9 Å². The van der Waals surface area contributed by atoms with E-state index in [1.54, 1.807) is 0 Å². The van der Waals surface area contributed by atoms with Gasteiger partial charge in [-0.25, -0.2) is 0 Å². The molecule has 1 saturated heterocycles. The molecule has 2 fully saturated rings. The molecule has 0 spiro atoms. The lowest BCUT2D eigenvalue weighted by Crippen LogP contribution is -2.42. The molecule has 1 aromatic rings. The Morgan fingerprint density at radius 1 is 1.09 bits per heavy atom. The predicted molar refractivity (Wildman–Crippen MR) is 137 cm³/mol. The molecule has 8 nitrogen and oxygen atoms in total. The summed E-state index contributed by atoms with van der Waals surface area (Å²) in [5.74, 6) is 3.17. The zero-order valence-electron chi connectivity index (χ0n) is 18.9. The number of rotatable bonds is 10. The van der Waals surface area contributed by atoms with E-state index in [0.29, 0.717) is 13.2 Å². The topological polar surface area (TPSA) is 76.6 Å². The van der Waals surface area contributed by atoms with E-state index in [2.05, 4.69) is 15.5 Å². The molecule has 4 rings (SSSR count). The van der Waals surface area contributed by atoms with Crippen LogP contribution in [0, 0.1) is 5.92 Å². The van der Waals surface area contributed by atoms with Crippen LogP contribution in [0.25, 0.3) is 0 Å². The van der Waals surface area contributed by atoms with Crippen LogP contribution < -0.4 is 20.1 Å². The number of nitrogens with zero attached hydrogens (tertiary/aromatic N) is 2. The number of aliphatic imine (C=N–C) groups is 1. The van der Waals surface area contributed by atoms with E-state index in [4.69, 9.17) is 23.9 Å². The minimum atomic E-state index is 0. The highest BCUT2D eigenvalue weighted by Gasteiger charge is 2.20. The second-order valence-electron chi connectivity index (χ2n) is 8.32. The summed E-state index contributed by atoms with van der Waals surface area (Å²) >= 11 is 0. The van der Waals surface area contributed by atoms with Gasteiger partial charge in [-0.3, -0.25) is 9.89 Å². The van der Waals surface area contributed by atoms with Crippen molar-refractivity contribution >= 4 is 35.6 Å². The molecule has 2 N–H and O–H groups in total. The predicted octanol–water partition coefficient (Wildman–Crippen LogP) is 2.97. The molecule has 2 heterocycles. The molecule has 1 aliphatic carbocycles. The summed E-state index contributed by atoms with van der Waals surface area (Å²) in [5, 5.41) is 6.90. The third-order valence-corrected chi connectivity index (χ3v) is 5.60. The minimum absolute atomic E-state index is 0. The first kappa shape index (κ1) is 25.3. The number of hydrogen-bond acceptors (Lipinski definition) is 6. The summed E-state index contributed by atoms with van der Waals surface area (Å²) in [6.07, 6.45) is 4.48. The van der Waals surface area contributed by atoms with E-state index >= 15 is 0 Å². The largest absolute Gasteiger partial charge is 0.490 e. The van der Waals surface area contributed by atoms with Gasteiger partial charge < -0.3 is 29.6 Å². The Bertz CT molecular complexity index is 711. The summed E-state index contributed by atoms with van der Waals surface area (Å²) in [6.45, 7) is 9.17. The maximum absolute atomic E-state index is 5.82. The molecule has 0 amide bonds. The van der Waals surface area contributed by atoms with Gasteiger partial charge >= 0.3 is 0 Å². The third-order valence-electron chi connectivity index (χ3n) is 5.60. The smallest absolute Gasteiger partial charge is 0.195 e. The summed E-state index contributed by atoms with van der Waals surface area (Å²) in [6, 6.07) is 5.95. The van der Waals surface area contributed by atoms with Crippen molar-refractivity contribution in [1.29, 1.82) is 0 Å². The normalized spacial score (nSPS) is 19.1. The van der Waals surface area contributed by atoms with E-state index in [9.17, 15) is 0 Å². The molecule has 0 radical (unpaired) electrons. The fourth-order valence-corrected chi connectivity index (χ4v) is 3.57. The SMILES string of the molecule is I.c1cc2c(cc1NC(=NCCCOCC1CC1)NCCN1CCOCC1)OCCCO2. The molecule has 180 valence electrons. The zero-order chi connectivity index (χ0) is 21.1. The lowest BCUT2D eigenvalue weighted by molar-refractivity contribution is 0.0389. The van der Waals surface area contributed by atoms with Crippen LogP contribution in [0.2, 0.25) is 0 Å². The van der Waals surface area contributed by atoms with Gasteiger partial charge in [0.15, 0.2) is 17.5 Å². The van der Waals surface area contributed by atoms with Crippen LogP contribution >= 0.6 is 24.0 Å². The van der Waals surface area contributed by atoms with E-state index < -0.39 is 0 Å². The van der Waals surface area contributed by atoms with Crippen molar-refractivity contribution in [1.82, 2.24) is 10.2 Å². The molecular formula is C23H37IN4O4. The van der Waals surface area contributed by atoms with Crippen molar-refractivity contribution in [2.75, 3.05) is 77.7 Å². The van der Waals surface area contributed by atoms with E-state index in [-0.39, 0.29) is 24.0 Å². The Labute approximate surface area is 208 Å². The fraction of sp³-hybridized carbons (Fsp3) is 0.696. The molecule has 0 aromatic heterocycles. The molecule has 2 aliphatic heterocycles. The lowest BCUT2D eigenvalue weighted by Gasteiger charge is -2.26. The second-order valence-corrected chi connectivity index (χ2v) is 8.32. The number of ether oxygens (including phenoxy) is 4. The Morgan fingerprint density at radius 2 is 1.91 bits per heavy atom. The van der Waals surface area contributed by atoms with Crippen molar-refractivity contribution in [2.24, 2.45) is 10.9 Å². The van der Waals surface area contributed by atoms with Crippen LogP contribution in [0.5, 0.6) is 11.5 Å². The number of anilines is 1. The number of hydrogen-bond donors (Lipinski definition) is 2. The van der Waals surface area contributed by atoms with Crippen molar-refractivity contribution in [3.05, 3.63) is 18.2 Å². The van der Waals surface area contributed by atoms with Crippen molar-refractivity contribution in [2.45, 2.75) is 25.7 Å². The highest BCUT2D eigenvalue weighted by molar-refractivity contribution is 14.0. The Balaban J connectivity index is 0.00000289. The Hall–Kier alpha value is -1.30. The van der Waals surface area contributed by atoms with Crippen molar-refractivity contribution in [3.63, 3.8) is 0 Å². The van der Waals surface area contributed by atoms with E-state index in [1.807, 2.05) is 18.2 Å². The fourth-order valence-electron chi connectivity index (χ4n) is 3.57. The number of guanidine groups is 1. The minimum Gasteiger partial charge on any atom is -0.490 e. The summed E-state index contributed by atoms with van der Waals surface area (Å²) in [5.41, 5.74) is 0.937. The van der Waals surface area contributed by atoms with Crippen LogP contribution in [0.3, 0.4) is 0 Å². The van der Waals surface area contributed by atoms with Crippen LogP contribution in [-0.4, -0.2) is 83.2 Å². The Morgan fingerprint density at radius 3 is 2.72 bits per heavy atom. The molecule has 1 saturated carbocycles. The first-order valence-corrected chi connectivity index (χ1v) is 11.7. The van der Waals surface area contributed by atoms with Gasteiger partial charge in [-0.1, -0.05) is 0 Å². The maximum Gasteiger partial charge on any atom is 0.195 e. The molecule has 9 heteroatoms. The first-order chi connectivity index (χ1) is 15.4. The van der Waals surface area contributed by atoms with Crippen LogP contribution in [0.15, 0.2) is 23.2 Å². The Kier molecular flexibility index (Phi) is 11.1. The van der Waals surface area contributed by atoms with Crippen LogP contribution in [0.4, 0.5) is 5.69 Å². The molecule has 0 bridgehead atoms. The van der Waals surface area contributed by atoms with Gasteiger partial charge in [-0.05, 0) is 37.3 Å². The summed E-state index contributed by atoms with van der Waals surface area (Å²) < 4.78 is 22.7. The zero-order valence-corrected chi connectivity index (χ0v) is 21.2. The van der Waals surface area contributed by atoms with Crippen LogP contribution in [-0.2, 0) is 9.47 Å². The molecule has 32 heavy (non-hydrogen) atoms. The molecular weight excluding hydrogens is 523 g/mol. The third kappa shape index (κ3) is 8.92. The maximum atomic E-state index is 5.82. The van der Waals surface area contributed by atoms with Gasteiger partial charge in [-0.15, -0.1) is 24.0 Å². The van der Waals surface area contributed by atoms with Crippen LogP contribution in [0.1, 0.15) is 25.7 Å². The molecule has 1 aromatic carbocycles. The highest BCUT2D eigenvalue weighted by Crippen LogP contribution is 2.32. The molecule has 3 aliphatic rings. The quantitative estimate of drug-likeness (QED) is 0.197. The van der Waals surface area contributed by atoms with Gasteiger partial charge in [0, 0.05) is 64.1 Å². The van der Waals surface area contributed by atoms with Gasteiger partial charge in [0.2, 0.25) is 0 Å². The number of fused-ring (bicyclic) bond motifs is 1. The van der Waals surface area contributed by atoms with E-state index in [0.717, 1.165) is 101 Å². The van der Waals surface area contributed by atoms with Gasteiger partial charge in [-0.2, -0.15) is 0 Å². The average Bonchev–Trinajstić information content (AvgIpc) is 3.63. The number of morpholine rings is 1. The van der Waals surface area contributed by atoms with E-state index in [1.165, 1.54) is 12.8 Å². The van der Waals surface area contributed by atoms with Crippen molar-refractivity contribution in [3.8, 4) is 11.5 Å². The first-order valence-electron chi connectivity index (χ1n) is 11.7. The number of benzene rings is 1. The summed E-state index contributed by atoms with van der Waals surface area (Å²) in [4.78, 5) is 7.17.